The van der Waals surface area contributed by atoms with Crippen molar-refractivity contribution < 1.29 is 9.90 Å². The van der Waals surface area contributed by atoms with Crippen LogP contribution in [-0.4, -0.2) is 17.6 Å². The van der Waals surface area contributed by atoms with Crippen LogP contribution in [0, 0.1) is 0 Å². The molecule has 1 aromatic rings. The summed E-state index contributed by atoms with van der Waals surface area (Å²) in [5.41, 5.74) is 0.524. The van der Waals surface area contributed by atoms with Crippen LogP contribution in [0.3, 0.4) is 0 Å². The Morgan fingerprint density at radius 3 is 2.67 bits per heavy atom. The van der Waals surface area contributed by atoms with Crippen LogP contribution in [0.2, 0.25) is 10.0 Å². The van der Waals surface area contributed by atoms with E-state index in [0.717, 1.165) is 6.42 Å². The molecule has 0 aliphatic rings. The number of carboxylic acids is 1. The standard InChI is InChI=1S/C10H11Cl2NO2/c1-2-3-13-9-7(10(14)15)4-6(11)5-8(9)12/h4-5,13H,2-3H2,1H3,(H,14,15). The average Bonchev–Trinajstić information content (AvgIpc) is 2.15. The molecule has 1 aromatic carbocycles. The molecule has 0 bridgehead atoms. The highest BCUT2D eigenvalue weighted by atomic mass is 35.5. The Kier molecular flexibility index (Phi) is 4.24. The van der Waals surface area contributed by atoms with Gasteiger partial charge in [-0.05, 0) is 18.6 Å². The lowest BCUT2D eigenvalue weighted by Crippen LogP contribution is -2.07. The molecule has 82 valence electrons. The fraction of sp³-hybridized carbons (Fsp3) is 0.300. The van der Waals surface area contributed by atoms with Crippen LogP contribution in [0.25, 0.3) is 0 Å². The Labute approximate surface area is 98.0 Å². The van der Waals surface area contributed by atoms with E-state index in [-0.39, 0.29) is 5.56 Å². The van der Waals surface area contributed by atoms with E-state index in [4.69, 9.17) is 28.3 Å². The van der Waals surface area contributed by atoms with Crippen LogP contribution < -0.4 is 5.32 Å². The molecule has 2 N–H and O–H groups in total. The number of rotatable bonds is 4. The largest absolute Gasteiger partial charge is 0.478 e. The number of halogens is 2. The molecule has 0 aromatic heterocycles. The monoisotopic (exact) mass is 247 g/mol. The van der Waals surface area contributed by atoms with E-state index < -0.39 is 5.97 Å². The minimum absolute atomic E-state index is 0.0981. The summed E-state index contributed by atoms with van der Waals surface area (Å²) in [5.74, 6) is -1.04. The minimum atomic E-state index is -1.04. The summed E-state index contributed by atoms with van der Waals surface area (Å²) >= 11 is 11.6. The third kappa shape index (κ3) is 3.01. The lowest BCUT2D eigenvalue weighted by atomic mass is 10.1. The number of carbonyl (C=O) groups is 1. The third-order valence-electron chi connectivity index (χ3n) is 1.84. The van der Waals surface area contributed by atoms with E-state index in [1.54, 1.807) is 0 Å². The van der Waals surface area contributed by atoms with Crippen molar-refractivity contribution in [1.82, 2.24) is 0 Å². The summed E-state index contributed by atoms with van der Waals surface area (Å²) in [6, 6.07) is 2.90. The van der Waals surface area contributed by atoms with Gasteiger partial charge in [-0.25, -0.2) is 4.79 Å². The van der Waals surface area contributed by atoms with Gasteiger partial charge < -0.3 is 10.4 Å². The molecule has 15 heavy (non-hydrogen) atoms. The van der Waals surface area contributed by atoms with Gasteiger partial charge in [0.15, 0.2) is 0 Å². The van der Waals surface area contributed by atoms with Crippen molar-refractivity contribution in [2.45, 2.75) is 13.3 Å². The Hall–Kier alpha value is -0.930. The molecule has 0 atom stereocenters. The first-order valence-electron chi connectivity index (χ1n) is 4.52. The van der Waals surface area contributed by atoms with Gasteiger partial charge in [-0.3, -0.25) is 0 Å². The number of benzene rings is 1. The maximum atomic E-state index is 10.9. The van der Waals surface area contributed by atoms with E-state index in [0.29, 0.717) is 22.3 Å². The normalized spacial score (nSPS) is 10.1. The molecule has 0 spiro atoms. The highest BCUT2D eigenvalue weighted by Gasteiger charge is 2.14. The van der Waals surface area contributed by atoms with Crippen molar-refractivity contribution in [3.8, 4) is 0 Å². The molecule has 0 fully saturated rings. The summed E-state index contributed by atoms with van der Waals surface area (Å²) in [6.07, 6.45) is 0.887. The number of hydrogen-bond acceptors (Lipinski definition) is 2. The third-order valence-corrected chi connectivity index (χ3v) is 2.35. The molecule has 0 heterocycles. The van der Waals surface area contributed by atoms with Crippen molar-refractivity contribution in [3.63, 3.8) is 0 Å². The van der Waals surface area contributed by atoms with Crippen molar-refractivity contribution in [2.24, 2.45) is 0 Å². The topological polar surface area (TPSA) is 49.3 Å². The quantitative estimate of drug-likeness (QED) is 0.857. The maximum Gasteiger partial charge on any atom is 0.337 e. The number of hydrogen-bond donors (Lipinski definition) is 2. The van der Waals surface area contributed by atoms with Crippen LogP contribution >= 0.6 is 23.2 Å². The zero-order valence-corrected chi connectivity index (χ0v) is 9.69. The molecule has 0 aliphatic carbocycles. The second-order valence-electron chi connectivity index (χ2n) is 3.04. The molecule has 0 aliphatic heterocycles. The highest BCUT2D eigenvalue weighted by molar-refractivity contribution is 6.37. The van der Waals surface area contributed by atoms with Crippen molar-refractivity contribution in [1.29, 1.82) is 0 Å². The van der Waals surface area contributed by atoms with E-state index in [1.807, 2.05) is 6.92 Å². The Balaban J connectivity index is 3.15. The molecule has 0 saturated heterocycles. The molecule has 5 heteroatoms. The van der Waals surface area contributed by atoms with E-state index in [1.165, 1.54) is 12.1 Å². The molecule has 0 saturated carbocycles. The van der Waals surface area contributed by atoms with Gasteiger partial charge in [-0.15, -0.1) is 0 Å². The van der Waals surface area contributed by atoms with Crippen LogP contribution in [0.4, 0.5) is 5.69 Å². The average molecular weight is 248 g/mol. The minimum Gasteiger partial charge on any atom is -0.478 e. The zero-order valence-electron chi connectivity index (χ0n) is 8.18. The number of nitrogens with one attached hydrogen (secondary N) is 1. The van der Waals surface area contributed by atoms with Gasteiger partial charge in [0.2, 0.25) is 0 Å². The first-order valence-corrected chi connectivity index (χ1v) is 5.28. The van der Waals surface area contributed by atoms with Gasteiger partial charge in [-0.1, -0.05) is 30.1 Å². The van der Waals surface area contributed by atoms with Gasteiger partial charge in [0.05, 0.1) is 16.3 Å². The molecular weight excluding hydrogens is 237 g/mol. The van der Waals surface area contributed by atoms with Gasteiger partial charge in [0.25, 0.3) is 0 Å². The summed E-state index contributed by atoms with van der Waals surface area (Å²) in [4.78, 5) is 10.9. The summed E-state index contributed by atoms with van der Waals surface area (Å²) < 4.78 is 0. The molecular formula is C10H11Cl2NO2. The van der Waals surface area contributed by atoms with Crippen molar-refractivity contribution in [3.05, 3.63) is 27.7 Å². The van der Waals surface area contributed by atoms with Crippen LogP contribution in [0.1, 0.15) is 23.7 Å². The fourth-order valence-corrected chi connectivity index (χ4v) is 1.73. The van der Waals surface area contributed by atoms with E-state index >= 15 is 0 Å². The predicted octanol–water partition coefficient (Wildman–Crippen LogP) is 3.51. The Bertz CT molecular complexity index is 380. The Morgan fingerprint density at radius 2 is 2.13 bits per heavy atom. The van der Waals surface area contributed by atoms with E-state index in [2.05, 4.69) is 5.32 Å². The lowest BCUT2D eigenvalue weighted by molar-refractivity contribution is 0.0698. The second kappa shape index (κ2) is 5.24. The van der Waals surface area contributed by atoms with Crippen LogP contribution in [0.15, 0.2) is 12.1 Å². The van der Waals surface area contributed by atoms with Gasteiger partial charge in [-0.2, -0.15) is 0 Å². The molecule has 3 nitrogen and oxygen atoms in total. The number of aromatic carboxylic acids is 1. The highest BCUT2D eigenvalue weighted by Crippen LogP contribution is 2.30. The molecule has 0 amide bonds. The summed E-state index contributed by atoms with van der Waals surface area (Å²) in [7, 11) is 0. The second-order valence-corrected chi connectivity index (χ2v) is 3.89. The Morgan fingerprint density at radius 1 is 1.47 bits per heavy atom. The maximum absolute atomic E-state index is 10.9. The van der Waals surface area contributed by atoms with Crippen LogP contribution in [0.5, 0.6) is 0 Å². The van der Waals surface area contributed by atoms with Crippen molar-refractivity contribution >= 4 is 34.9 Å². The van der Waals surface area contributed by atoms with Gasteiger partial charge in [0.1, 0.15) is 0 Å². The predicted molar refractivity (Wildman–Crippen MR) is 62.2 cm³/mol. The SMILES string of the molecule is CCCNc1c(Cl)cc(Cl)cc1C(=O)O. The molecule has 0 radical (unpaired) electrons. The van der Waals surface area contributed by atoms with Gasteiger partial charge in [0, 0.05) is 11.6 Å². The smallest absolute Gasteiger partial charge is 0.337 e. The van der Waals surface area contributed by atoms with Crippen molar-refractivity contribution in [2.75, 3.05) is 11.9 Å². The fourth-order valence-electron chi connectivity index (χ4n) is 1.17. The van der Waals surface area contributed by atoms with Gasteiger partial charge >= 0.3 is 5.97 Å². The molecule has 0 unspecified atom stereocenters. The lowest BCUT2D eigenvalue weighted by Gasteiger charge is -2.11. The molecule has 1 rings (SSSR count). The zero-order chi connectivity index (χ0) is 11.4. The number of carboxylic acid groups (broad SMARTS) is 1. The summed E-state index contributed by atoms with van der Waals surface area (Å²) in [5, 5.41) is 12.6. The van der Waals surface area contributed by atoms with Crippen LogP contribution in [-0.2, 0) is 0 Å². The first-order chi connectivity index (χ1) is 7.06. The first kappa shape index (κ1) is 12.1. The van der Waals surface area contributed by atoms with E-state index in [9.17, 15) is 4.79 Å². The number of anilines is 1. The summed E-state index contributed by atoms with van der Waals surface area (Å²) in [6.45, 7) is 2.65.